The Morgan fingerprint density at radius 2 is 1.86 bits per heavy atom. The van der Waals surface area contributed by atoms with Gasteiger partial charge in [0.15, 0.2) is 0 Å². The number of urea groups is 1. The first-order valence-corrected chi connectivity index (χ1v) is 7.63. The van der Waals surface area contributed by atoms with Crippen LogP contribution in [-0.2, 0) is 6.54 Å². The van der Waals surface area contributed by atoms with Crippen LogP contribution in [0.3, 0.4) is 0 Å². The summed E-state index contributed by atoms with van der Waals surface area (Å²) < 4.78 is 0. The normalized spacial score (nSPS) is 23.2. The van der Waals surface area contributed by atoms with Crippen molar-refractivity contribution >= 4 is 12.0 Å². The molecular formula is C17H20N2O3. The first-order chi connectivity index (χ1) is 10.6. The lowest BCUT2D eigenvalue weighted by molar-refractivity contribution is 0.0696. The Kier molecular flexibility index (Phi) is 4.13. The van der Waals surface area contributed by atoms with Crippen molar-refractivity contribution in [1.29, 1.82) is 0 Å². The summed E-state index contributed by atoms with van der Waals surface area (Å²) in [4.78, 5) is 25.1. The number of carboxylic acid groups (broad SMARTS) is 1. The van der Waals surface area contributed by atoms with Gasteiger partial charge in [-0.25, -0.2) is 9.59 Å². The van der Waals surface area contributed by atoms with Crippen molar-refractivity contribution < 1.29 is 14.7 Å². The number of nitrogens with one attached hydrogen (secondary N) is 1. The molecule has 5 heteroatoms. The highest BCUT2D eigenvalue weighted by atomic mass is 16.4. The highest BCUT2D eigenvalue weighted by Gasteiger charge is 2.34. The van der Waals surface area contributed by atoms with Gasteiger partial charge in [-0.3, -0.25) is 0 Å². The van der Waals surface area contributed by atoms with Gasteiger partial charge in [-0.05, 0) is 42.4 Å². The van der Waals surface area contributed by atoms with E-state index in [1.807, 2.05) is 11.0 Å². The monoisotopic (exact) mass is 300 g/mol. The van der Waals surface area contributed by atoms with Gasteiger partial charge in [0.25, 0.3) is 0 Å². The Hall–Kier alpha value is -2.30. The number of benzene rings is 1. The van der Waals surface area contributed by atoms with Gasteiger partial charge in [-0.2, -0.15) is 0 Å². The van der Waals surface area contributed by atoms with Gasteiger partial charge >= 0.3 is 12.0 Å². The molecule has 2 atom stereocenters. The van der Waals surface area contributed by atoms with E-state index in [9.17, 15) is 9.59 Å². The van der Waals surface area contributed by atoms with E-state index in [1.165, 1.54) is 0 Å². The summed E-state index contributed by atoms with van der Waals surface area (Å²) in [6.45, 7) is 1.98. The van der Waals surface area contributed by atoms with Crippen LogP contribution in [0.15, 0.2) is 36.4 Å². The molecule has 2 amide bonds. The molecule has 1 aromatic carbocycles. The third kappa shape index (κ3) is 3.13. The Bertz CT molecular complexity index is 596. The number of nitrogens with zero attached hydrogens (tertiary/aromatic N) is 1. The molecule has 0 bridgehead atoms. The molecule has 2 N–H and O–H groups in total. The molecule has 1 aliphatic heterocycles. The van der Waals surface area contributed by atoms with Crippen LogP contribution in [0.5, 0.6) is 0 Å². The number of hydrogen-bond acceptors (Lipinski definition) is 2. The summed E-state index contributed by atoms with van der Waals surface area (Å²) in [6, 6.07) is 6.60. The first kappa shape index (κ1) is 14.6. The van der Waals surface area contributed by atoms with Crippen molar-refractivity contribution in [1.82, 2.24) is 10.2 Å². The Labute approximate surface area is 129 Å². The van der Waals surface area contributed by atoms with E-state index in [4.69, 9.17) is 5.11 Å². The van der Waals surface area contributed by atoms with Gasteiger partial charge in [-0.15, -0.1) is 0 Å². The summed E-state index contributed by atoms with van der Waals surface area (Å²) in [5.41, 5.74) is 1.04. The number of carbonyl (C=O) groups is 2. The molecule has 1 heterocycles. The number of hydrogen-bond donors (Lipinski definition) is 2. The Balaban J connectivity index is 1.55. The van der Waals surface area contributed by atoms with Crippen molar-refractivity contribution in [2.75, 3.05) is 13.1 Å². The molecule has 116 valence electrons. The SMILES string of the molecule is O=C(O)c1cccc(CNC(=O)N2C[C@H]3CC=CC[C@H]3C2)c1. The maximum Gasteiger partial charge on any atom is 0.335 e. The molecule has 1 saturated heterocycles. The van der Waals surface area contributed by atoms with E-state index in [0.717, 1.165) is 31.5 Å². The summed E-state index contributed by atoms with van der Waals surface area (Å²) in [7, 11) is 0. The zero-order chi connectivity index (χ0) is 15.5. The average molecular weight is 300 g/mol. The van der Waals surface area contributed by atoms with Crippen LogP contribution in [0, 0.1) is 11.8 Å². The van der Waals surface area contributed by atoms with Crippen molar-refractivity contribution in [3.8, 4) is 0 Å². The fraction of sp³-hybridized carbons (Fsp3) is 0.412. The third-order valence-corrected chi connectivity index (χ3v) is 4.53. The zero-order valence-electron chi connectivity index (χ0n) is 12.4. The fourth-order valence-corrected chi connectivity index (χ4v) is 3.28. The molecule has 2 aliphatic rings. The number of aromatic carboxylic acids is 1. The average Bonchev–Trinajstić information content (AvgIpc) is 2.97. The van der Waals surface area contributed by atoms with Crippen LogP contribution in [0.25, 0.3) is 0 Å². The van der Waals surface area contributed by atoms with Crippen LogP contribution in [0.4, 0.5) is 4.79 Å². The molecule has 3 rings (SSSR count). The van der Waals surface area contributed by atoms with Gasteiger partial charge in [0, 0.05) is 19.6 Å². The lowest BCUT2D eigenvalue weighted by atomic mass is 9.86. The lowest BCUT2D eigenvalue weighted by Crippen LogP contribution is -2.38. The maximum atomic E-state index is 12.3. The van der Waals surface area contributed by atoms with Crippen LogP contribution >= 0.6 is 0 Å². The Morgan fingerprint density at radius 1 is 1.18 bits per heavy atom. The summed E-state index contributed by atoms with van der Waals surface area (Å²) in [5.74, 6) is 0.224. The van der Waals surface area contributed by atoms with Crippen LogP contribution in [0.1, 0.15) is 28.8 Å². The number of rotatable bonds is 3. The smallest absolute Gasteiger partial charge is 0.335 e. The van der Waals surface area contributed by atoms with E-state index in [1.54, 1.807) is 18.2 Å². The van der Waals surface area contributed by atoms with Gasteiger partial charge in [0.1, 0.15) is 0 Å². The number of carboxylic acids is 1. The number of carbonyl (C=O) groups excluding carboxylic acids is 1. The van der Waals surface area contributed by atoms with Crippen molar-refractivity contribution in [3.63, 3.8) is 0 Å². The van der Waals surface area contributed by atoms with Gasteiger partial charge in [-0.1, -0.05) is 24.3 Å². The van der Waals surface area contributed by atoms with E-state index < -0.39 is 5.97 Å². The summed E-state index contributed by atoms with van der Waals surface area (Å²) >= 11 is 0. The van der Waals surface area contributed by atoms with Crippen LogP contribution in [0.2, 0.25) is 0 Å². The topological polar surface area (TPSA) is 69.6 Å². The number of allylic oxidation sites excluding steroid dienone is 2. The van der Waals surface area contributed by atoms with Gasteiger partial charge in [0.05, 0.1) is 5.56 Å². The van der Waals surface area contributed by atoms with Crippen molar-refractivity contribution in [2.45, 2.75) is 19.4 Å². The maximum absolute atomic E-state index is 12.3. The van der Waals surface area contributed by atoms with Crippen molar-refractivity contribution in [3.05, 3.63) is 47.5 Å². The molecule has 22 heavy (non-hydrogen) atoms. The molecule has 0 aromatic heterocycles. The Morgan fingerprint density at radius 3 is 2.50 bits per heavy atom. The summed E-state index contributed by atoms with van der Waals surface area (Å²) in [5, 5.41) is 11.9. The second-order valence-electron chi connectivity index (χ2n) is 6.03. The van der Waals surface area contributed by atoms with Crippen LogP contribution in [-0.4, -0.2) is 35.1 Å². The molecule has 0 radical (unpaired) electrons. The molecule has 0 saturated carbocycles. The predicted octanol–water partition coefficient (Wildman–Crippen LogP) is 2.49. The van der Waals surface area contributed by atoms with Gasteiger partial charge < -0.3 is 15.3 Å². The van der Waals surface area contributed by atoms with E-state index in [0.29, 0.717) is 18.4 Å². The number of amides is 2. The standard InChI is InChI=1S/C17H20N2O3/c20-16(21)13-7-3-4-12(8-13)9-18-17(22)19-10-14-5-1-2-6-15(14)11-19/h1-4,7-8,14-15H,5-6,9-11H2,(H,18,22)(H,20,21)/t14-,15+. The fourth-order valence-electron chi connectivity index (χ4n) is 3.28. The molecule has 0 unspecified atom stereocenters. The van der Waals surface area contributed by atoms with Crippen molar-refractivity contribution in [2.24, 2.45) is 11.8 Å². The molecule has 1 fully saturated rings. The number of likely N-dealkylation sites (tertiary alicyclic amines) is 1. The number of fused-ring (bicyclic) bond motifs is 1. The third-order valence-electron chi connectivity index (χ3n) is 4.53. The largest absolute Gasteiger partial charge is 0.478 e. The molecule has 5 nitrogen and oxygen atoms in total. The van der Waals surface area contributed by atoms with Crippen LogP contribution < -0.4 is 5.32 Å². The lowest BCUT2D eigenvalue weighted by Gasteiger charge is -2.17. The zero-order valence-corrected chi connectivity index (χ0v) is 12.4. The molecular weight excluding hydrogens is 280 g/mol. The minimum Gasteiger partial charge on any atom is -0.478 e. The van der Waals surface area contributed by atoms with E-state index >= 15 is 0 Å². The van der Waals surface area contributed by atoms with E-state index in [-0.39, 0.29) is 11.6 Å². The first-order valence-electron chi connectivity index (χ1n) is 7.63. The minimum atomic E-state index is -0.954. The van der Waals surface area contributed by atoms with E-state index in [2.05, 4.69) is 17.5 Å². The second kappa shape index (κ2) is 6.22. The predicted molar refractivity (Wildman–Crippen MR) is 82.6 cm³/mol. The summed E-state index contributed by atoms with van der Waals surface area (Å²) in [6.07, 6.45) is 6.55. The molecule has 1 aromatic rings. The molecule has 0 spiro atoms. The molecule has 1 aliphatic carbocycles. The second-order valence-corrected chi connectivity index (χ2v) is 6.03. The quantitative estimate of drug-likeness (QED) is 0.843. The minimum absolute atomic E-state index is 0.0601. The highest BCUT2D eigenvalue weighted by molar-refractivity contribution is 5.87. The van der Waals surface area contributed by atoms with Gasteiger partial charge in [0.2, 0.25) is 0 Å². The highest BCUT2D eigenvalue weighted by Crippen LogP contribution is 2.32.